The Kier molecular flexibility index (Phi) is 3.86. The Morgan fingerprint density at radius 2 is 2.31 bits per heavy atom. The van der Waals surface area contributed by atoms with Crippen LogP contribution in [0, 0.1) is 6.92 Å². The topological polar surface area (TPSA) is 59.1 Å². The van der Waals surface area contributed by atoms with Crippen molar-refractivity contribution in [3.63, 3.8) is 0 Å². The van der Waals surface area contributed by atoms with Crippen molar-refractivity contribution in [2.24, 2.45) is 5.73 Å². The van der Waals surface area contributed by atoms with Gasteiger partial charge in [-0.25, -0.2) is 0 Å². The third-order valence-electron chi connectivity index (χ3n) is 1.97. The Morgan fingerprint density at radius 3 is 2.92 bits per heavy atom. The van der Waals surface area contributed by atoms with Gasteiger partial charge in [0.05, 0.1) is 6.61 Å². The zero-order valence-electron chi connectivity index (χ0n) is 7.90. The van der Waals surface area contributed by atoms with Crippen molar-refractivity contribution >= 4 is 0 Å². The predicted molar refractivity (Wildman–Crippen MR) is 52.4 cm³/mol. The maximum atomic E-state index is 8.73. The molecule has 13 heavy (non-hydrogen) atoms. The minimum absolute atomic E-state index is 0.0548. The molecule has 0 bridgehead atoms. The van der Waals surface area contributed by atoms with Crippen LogP contribution in [0.4, 0.5) is 0 Å². The summed E-state index contributed by atoms with van der Waals surface area (Å²) < 4.78 is 0. The predicted octanol–water partition coefficient (Wildman–Crippen LogP) is 0.642. The van der Waals surface area contributed by atoms with E-state index in [-0.39, 0.29) is 12.6 Å². The molecule has 1 rings (SSSR count). The van der Waals surface area contributed by atoms with E-state index in [1.165, 1.54) is 5.56 Å². The molecular weight excluding hydrogens is 164 g/mol. The lowest BCUT2D eigenvalue weighted by molar-refractivity contribution is 0.260. The molecule has 0 aliphatic carbocycles. The average molecular weight is 180 g/mol. The molecule has 0 amide bonds. The molecule has 0 saturated carbocycles. The SMILES string of the molecule is Cc1cncc(CCC(N)CO)c1. The van der Waals surface area contributed by atoms with Crippen LogP contribution in [0.25, 0.3) is 0 Å². The van der Waals surface area contributed by atoms with Gasteiger partial charge < -0.3 is 10.8 Å². The van der Waals surface area contributed by atoms with E-state index in [9.17, 15) is 0 Å². The molecule has 3 heteroatoms. The van der Waals surface area contributed by atoms with Crippen molar-refractivity contribution in [3.05, 3.63) is 29.6 Å². The van der Waals surface area contributed by atoms with Gasteiger partial charge >= 0.3 is 0 Å². The summed E-state index contributed by atoms with van der Waals surface area (Å²) >= 11 is 0. The first kappa shape index (κ1) is 10.2. The second kappa shape index (κ2) is 4.94. The molecule has 0 saturated heterocycles. The molecule has 1 heterocycles. The van der Waals surface area contributed by atoms with Crippen LogP contribution >= 0.6 is 0 Å². The van der Waals surface area contributed by atoms with Gasteiger partial charge in [0.2, 0.25) is 0 Å². The smallest absolute Gasteiger partial charge is 0.0582 e. The monoisotopic (exact) mass is 180 g/mol. The van der Waals surface area contributed by atoms with Crippen LogP contribution in [0.5, 0.6) is 0 Å². The Morgan fingerprint density at radius 1 is 1.54 bits per heavy atom. The third-order valence-corrected chi connectivity index (χ3v) is 1.97. The van der Waals surface area contributed by atoms with E-state index in [0.29, 0.717) is 0 Å². The van der Waals surface area contributed by atoms with Crippen molar-refractivity contribution < 1.29 is 5.11 Å². The standard InChI is InChI=1S/C10H16N2O/c1-8-4-9(6-12-5-8)2-3-10(11)7-13/h4-6,10,13H,2-3,7,11H2,1H3. The highest BCUT2D eigenvalue weighted by Crippen LogP contribution is 2.05. The highest BCUT2D eigenvalue weighted by molar-refractivity contribution is 5.16. The molecule has 0 fully saturated rings. The lowest BCUT2D eigenvalue weighted by atomic mass is 10.1. The second-order valence-corrected chi connectivity index (χ2v) is 3.35. The summed E-state index contributed by atoms with van der Waals surface area (Å²) in [5.41, 5.74) is 7.93. The number of pyridine rings is 1. The number of hydrogen-bond donors (Lipinski definition) is 2. The van der Waals surface area contributed by atoms with Crippen LogP contribution < -0.4 is 5.73 Å². The fourth-order valence-corrected chi connectivity index (χ4v) is 1.20. The van der Waals surface area contributed by atoms with E-state index in [4.69, 9.17) is 10.8 Å². The molecule has 1 aromatic heterocycles. The number of nitrogens with zero attached hydrogens (tertiary/aromatic N) is 1. The molecule has 3 nitrogen and oxygen atoms in total. The fourth-order valence-electron chi connectivity index (χ4n) is 1.20. The molecule has 0 spiro atoms. The lowest BCUT2D eigenvalue weighted by Crippen LogP contribution is -2.24. The first-order chi connectivity index (χ1) is 6.22. The summed E-state index contributed by atoms with van der Waals surface area (Å²) in [6.45, 7) is 2.07. The fraction of sp³-hybridized carbons (Fsp3) is 0.500. The van der Waals surface area contributed by atoms with E-state index in [1.54, 1.807) is 0 Å². The number of rotatable bonds is 4. The molecule has 1 atom stereocenters. The second-order valence-electron chi connectivity index (χ2n) is 3.35. The molecule has 0 aliphatic heterocycles. The van der Waals surface area contributed by atoms with Crippen LogP contribution in [0.15, 0.2) is 18.5 Å². The summed E-state index contributed by atoms with van der Waals surface area (Å²) in [6.07, 6.45) is 5.37. The largest absolute Gasteiger partial charge is 0.395 e. The summed E-state index contributed by atoms with van der Waals surface area (Å²) in [4.78, 5) is 4.08. The van der Waals surface area contributed by atoms with Crippen LogP contribution in [-0.4, -0.2) is 22.7 Å². The van der Waals surface area contributed by atoms with Crippen molar-refractivity contribution in [2.75, 3.05) is 6.61 Å². The lowest BCUT2D eigenvalue weighted by Gasteiger charge is -2.07. The molecule has 1 aromatic rings. The highest BCUT2D eigenvalue weighted by Gasteiger charge is 2.01. The van der Waals surface area contributed by atoms with Gasteiger partial charge in [-0.05, 0) is 30.9 Å². The molecule has 3 N–H and O–H groups in total. The zero-order chi connectivity index (χ0) is 9.68. The number of hydrogen-bond acceptors (Lipinski definition) is 3. The van der Waals surface area contributed by atoms with Gasteiger partial charge in [0, 0.05) is 18.4 Å². The van der Waals surface area contributed by atoms with E-state index in [2.05, 4.69) is 11.1 Å². The third kappa shape index (κ3) is 3.53. The summed E-state index contributed by atoms with van der Waals surface area (Å²) in [6, 6.07) is 1.98. The zero-order valence-corrected chi connectivity index (χ0v) is 7.90. The first-order valence-electron chi connectivity index (χ1n) is 4.49. The van der Waals surface area contributed by atoms with Crippen molar-refractivity contribution in [1.82, 2.24) is 4.98 Å². The maximum Gasteiger partial charge on any atom is 0.0582 e. The quantitative estimate of drug-likeness (QED) is 0.715. The van der Waals surface area contributed by atoms with Crippen molar-refractivity contribution in [3.8, 4) is 0 Å². The van der Waals surface area contributed by atoms with Crippen molar-refractivity contribution in [2.45, 2.75) is 25.8 Å². The van der Waals surface area contributed by atoms with Crippen LogP contribution in [0.2, 0.25) is 0 Å². The minimum atomic E-state index is -0.111. The van der Waals surface area contributed by atoms with Gasteiger partial charge in [0.1, 0.15) is 0 Å². The van der Waals surface area contributed by atoms with E-state index in [1.807, 2.05) is 19.3 Å². The molecule has 0 radical (unpaired) electrons. The molecule has 0 aliphatic rings. The minimum Gasteiger partial charge on any atom is -0.395 e. The summed E-state index contributed by atoms with van der Waals surface area (Å²) in [7, 11) is 0. The van der Waals surface area contributed by atoms with Crippen molar-refractivity contribution in [1.29, 1.82) is 0 Å². The van der Waals surface area contributed by atoms with Crippen LogP contribution in [-0.2, 0) is 6.42 Å². The van der Waals surface area contributed by atoms with Gasteiger partial charge in [-0.2, -0.15) is 0 Å². The number of aryl methyl sites for hydroxylation is 2. The Balaban J connectivity index is 2.45. The Hall–Kier alpha value is -0.930. The molecule has 72 valence electrons. The average Bonchev–Trinajstić information content (AvgIpc) is 2.14. The number of aliphatic hydroxyl groups is 1. The number of aliphatic hydroxyl groups excluding tert-OH is 1. The summed E-state index contributed by atoms with van der Waals surface area (Å²) in [5.74, 6) is 0. The Labute approximate surface area is 78.6 Å². The van der Waals surface area contributed by atoms with Crippen LogP contribution in [0.3, 0.4) is 0 Å². The van der Waals surface area contributed by atoms with Gasteiger partial charge in [0.25, 0.3) is 0 Å². The van der Waals surface area contributed by atoms with Gasteiger partial charge in [-0.1, -0.05) is 6.07 Å². The van der Waals surface area contributed by atoms with E-state index < -0.39 is 0 Å². The van der Waals surface area contributed by atoms with Crippen LogP contribution in [0.1, 0.15) is 17.5 Å². The van der Waals surface area contributed by atoms with Gasteiger partial charge in [-0.15, -0.1) is 0 Å². The molecular formula is C10H16N2O. The maximum absolute atomic E-state index is 8.73. The van der Waals surface area contributed by atoms with Gasteiger partial charge in [-0.3, -0.25) is 4.98 Å². The Bertz CT molecular complexity index is 263. The van der Waals surface area contributed by atoms with E-state index >= 15 is 0 Å². The molecule has 1 unspecified atom stereocenters. The normalized spacial score (nSPS) is 12.8. The number of nitrogens with two attached hydrogens (primary N) is 1. The number of aromatic nitrogens is 1. The summed E-state index contributed by atoms with van der Waals surface area (Å²) in [5, 5.41) is 8.73. The molecule has 0 aromatic carbocycles. The first-order valence-corrected chi connectivity index (χ1v) is 4.49. The highest BCUT2D eigenvalue weighted by atomic mass is 16.3. The van der Waals surface area contributed by atoms with E-state index in [0.717, 1.165) is 18.4 Å². The van der Waals surface area contributed by atoms with Gasteiger partial charge in [0.15, 0.2) is 0 Å².